The van der Waals surface area contributed by atoms with E-state index in [1.807, 2.05) is 49.9 Å². The second-order valence-electron chi connectivity index (χ2n) is 5.37. The van der Waals surface area contributed by atoms with Gasteiger partial charge in [0.2, 0.25) is 0 Å². The van der Waals surface area contributed by atoms with Gasteiger partial charge in [-0.05, 0) is 32.9 Å². The lowest BCUT2D eigenvalue weighted by molar-refractivity contribution is 0.728. The van der Waals surface area contributed by atoms with Crippen molar-refractivity contribution in [2.24, 2.45) is 7.05 Å². The molecule has 0 saturated carbocycles. The van der Waals surface area contributed by atoms with Crippen molar-refractivity contribution in [3.05, 3.63) is 35.3 Å². The Morgan fingerprint density at radius 3 is 2.40 bits per heavy atom. The number of hydrogen-bond donors (Lipinski definition) is 1. The van der Waals surface area contributed by atoms with Crippen LogP contribution in [0.1, 0.15) is 29.9 Å². The van der Waals surface area contributed by atoms with Gasteiger partial charge in [0.25, 0.3) is 0 Å². The van der Waals surface area contributed by atoms with Crippen LogP contribution in [0.15, 0.2) is 18.3 Å². The van der Waals surface area contributed by atoms with Crippen molar-refractivity contribution in [1.29, 1.82) is 0 Å². The number of nitrogens with zero attached hydrogens (tertiary/aromatic N) is 4. The Labute approximate surface area is 120 Å². The van der Waals surface area contributed by atoms with Crippen molar-refractivity contribution >= 4 is 11.5 Å². The van der Waals surface area contributed by atoms with Crippen molar-refractivity contribution < 1.29 is 0 Å². The second-order valence-corrected chi connectivity index (χ2v) is 5.37. The summed E-state index contributed by atoms with van der Waals surface area (Å²) in [5, 5.41) is 7.95. The van der Waals surface area contributed by atoms with Crippen molar-refractivity contribution in [3.63, 3.8) is 0 Å². The average molecular weight is 273 g/mol. The van der Waals surface area contributed by atoms with E-state index in [1.54, 1.807) is 0 Å². The average Bonchev–Trinajstić information content (AvgIpc) is 2.63. The van der Waals surface area contributed by atoms with Gasteiger partial charge in [-0.15, -0.1) is 0 Å². The van der Waals surface area contributed by atoms with Gasteiger partial charge in [-0.25, -0.2) is 4.98 Å². The molecule has 2 heterocycles. The van der Waals surface area contributed by atoms with E-state index in [1.165, 1.54) is 11.3 Å². The summed E-state index contributed by atoms with van der Waals surface area (Å²) in [6.07, 6.45) is 1.87. The maximum absolute atomic E-state index is 4.46. The quantitative estimate of drug-likeness (QED) is 0.930. The van der Waals surface area contributed by atoms with Crippen LogP contribution in [-0.2, 0) is 7.05 Å². The normalized spacial score (nSPS) is 12.3. The molecule has 1 unspecified atom stereocenters. The molecule has 0 amide bonds. The number of pyridine rings is 1. The third-order valence-corrected chi connectivity index (χ3v) is 3.59. The summed E-state index contributed by atoms with van der Waals surface area (Å²) in [6.45, 7) is 6.30. The van der Waals surface area contributed by atoms with Crippen LogP contribution in [0.4, 0.5) is 11.5 Å². The first-order valence-electron chi connectivity index (χ1n) is 6.80. The van der Waals surface area contributed by atoms with Crippen LogP contribution in [-0.4, -0.2) is 28.9 Å². The fraction of sp³-hybridized carbons (Fsp3) is 0.467. The predicted molar refractivity (Wildman–Crippen MR) is 83.3 cm³/mol. The van der Waals surface area contributed by atoms with E-state index in [-0.39, 0.29) is 6.04 Å². The van der Waals surface area contributed by atoms with Gasteiger partial charge in [0.15, 0.2) is 0 Å². The van der Waals surface area contributed by atoms with E-state index in [2.05, 4.69) is 35.3 Å². The SMILES string of the molecule is Cc1nn(C)c(C)c1C(C)Nc1ccc(N(C)C)nc1. The Kier molecular flexibility index (Phi) is 3.97. The smallest absolute Gasteiger partial charge is 0.128 e. The van der Waals surface area contributed by atoms with Crippen molar-refractivity contribution in [2.75, 3.05) is 24.3 Å². The summed E-state index contributed by atoms with van der Waals surface area (Å²) < 4.78 is 1.93. The lowest BCUT2D eigenvalue weighted by atomic mass is 10.1. The number of hydrogen-bond acceptors (Lipinski definition) is 4. The summed E-state index contributed by atoms with van der Waals surface area (Å²) in [4.78, 5) is 6.41. The molecule has 0 aromatic carbocycles. The van der Waals surface area contributed by atoms with E-state index in [0.29, 0.717) is 0 Å². The van der Waals surface area contributed by atoms with Crippen LogP contribution >= 0.6 is 0 Å². The topological polar surface area (TPSA) is 46.0 Å². The molecule has 108 valence electrons. The van der Waals surface area contributed by atoms with E-state index in [9.17, 15) is 0 Å². The van der Waals surface area contributed by atoms with E-state index in [0.717, 1.165) is 17.2 Å². The molecule has 0 aliphatic rings. The molecule has 5 nitrogen and oxygen atoms in total. The zero-order valence-electron chi connectivity index (χ0n) is 13.1. The summed E-state index contributed by atoms with van der Waals surface area (Å²) in [5.74, 6) is 0.956. The third kappa shape index (κ3) is 2.76. The number of aryl methyl sites for hydroxylation is 2. The van der Waals surface area contributed by atoms with Crippen LogP contribution in [0.25, 0.3) is 0 Å². The highest BCUT2D eigenvalue weighted by Gasteiger charge is 2.16. The summed E-state index contributed by atoms with van der Waals surface area (Å²) >= 11 is 0. The molecule has 0 bridgehead atoms. The summed E-state index contributed by atoms with van der Waals surface area (Å²) in [7, 11) is 5.95. The molecule has 0 saturated heterocycles. The zero-order valence-corrected chi connectivity index (χ0v) is 13.1. The third-order valence-electron chi connectivity index (χ3n) is 3.59. The Balaban J connectivity index is 2.17. The fourth-order valence-electron chi connectivity index (χ4n) is 2.47. The van der Waals surface area contributed by atoms with Gasteiger partial charge in [-0.2, -0.15) is 5.10 Å². The van der Waals surface area contributed by atoms with Gasteiger partial charge >= 0.3 is 0 Å². The highest BCUT2D eigenvalue weighted by atomic mass is 15.3. The molecule has 0 aliphatic carbocycles. The first-order chi connectivity index (χ1) is 9.40. The molecule has 2 aromatic heterocycles. The second kappa shape index (κ2) is 5.53. The Morgan fingerprint density at radius 2 is 1.95 bits per heavy atom. The van der Waals surface area contributed by atoms with Gasteiger partial charge in [-0.1, -0.05) is 0 Å². The van der Waals surface area contributed by atoms with Gasteiger partial charge in [0.05, 0.1) is 23.6 Å². The summed E-state index contributed by atoms with van der Waals surface area (Å²) in [5.41, 5.74) is 4.54. The predicted octanol–water partition coefficient (Wildman–Crippen LogP) is 2.67. The van der Waals surface area contributed by atoms with Crippen LogP contribution < -0.4 is 10.2 Å². The molecule has 0 aliphatic heterocycles. The molecule has 5 heteroatoms. The standard InChI is InChI=1S/C15H23N5/c1-10(15-11(2)18-20(6)12(15)3)17-13-7-8-14(16-9-13)19(4)5/h7-10,17H,1-6H3. The molecule has 0 radical (unpaired) electrons. The molecule has 2 rings (SSSR count). The minimum Gasteiger partial charge on any atom is -0.377 e. The van der Waals surface area contributed by atoms with Crippen molar-refractivity contribution in [3.8, 4) is 0 Å². The van der Waals surface area contributed by atoms with Crippen LogP contribution in [0.2, 0.25) is 0 Å². The van der Waals surface area contributed by atoms with Gasteiger partial charge < -0.3 is 10.2 Å². The molecule has 1 N–H and O–H groups in total. The largest absolute Gasteiger partial charge is 0.377 e. The lowest BCUT2D eigenvalue weighted by Crippen LogP contribution is -2.12. The summed E-state index contributed by atoms with van der Waals surface area (Å²) in [6, 6.07) is 4.27. The van der Waals surface area contributed by atoms with Crippen molar-refractivity contribution in [1.82, 2.24) is 14.8 Å². The monoisotopic (exact) mass is 273 g/mol. The van der Waals surface area contributed by atoms with E-state index < -0.39 is 0 Å². The Hall–Kier alpha value is -2.04. The highest BCUT2D eigenvalue weighted by Crippen LogP contribution is 2.24. The highest BCUT2D eigenvalue weighted by molar-refractivity contribution is 5.49. The first kappa shape index (κ1) is 14.4. The number of nitrogens with one attached hydrogen (secondary N) is 1. The first-order valence-corrected chi connectivity index (χ1v) is 6.80. The lowest BCUT2D eigenvalue weighted by Gasteiger charge is -2.17. The number of anilines is 2. The minimum atomic E-state index is 0.204. The molecule has 20 heavy (non-hydrogen) atoms. The van der Waals surface area contributed by atoms with Crippen LogP contribution in [0, 0.1) is 13.8 Å². The molecule has 1 atom stereocenters. The maximum atomic E-state index is 4.46. The zero-order chi connectivity index (χ0) is 14.9. The molecular weight excluding hydrogens is 250 g/mol. The number of aromatic nitrogens is 3. The maximum Gasteiger partial charge on any atom is 0.128 e. The minimum absolute atomic E-state index is 0.204. The van der Waals surface area contributed by atoms with E-state index >= 15 is 0 Å². The Bertz CT molecular complexity index is 583. The fourth-order valence-corrected chi connectivity index (χ4v) is 2.47. The molecule has 2 aromatic rings. The van der Waals surface area contributed by atoms with Gasteiger partial charge in [0, 0.05) is 32.4 Å². The van der Waals surface area contributed by atoms with Gasteiger partial charge in [0.1, 0.15) is 5.82 Å². The van der Waals surface area contributed by atoms with E-state index in [4.69, 9.17) is 0 Å². The van der Waals surface area contributed by atoms with Gasteiger partial charge in [-0.3, -0.25) is 4.68 Å². The van der Waals surface area contributed by atoms with Crippen LogP contribution in [0.3, 0.4) is 0 Å². The molecule has 0 fully saturated rings. The molecule has 0 spiro atoms. The molecular formula is C15H23N5. The van der Waals surface area contributed by atoms with Crippen molar-refractivity contribution in [2.45, 2.75) is 26.8 Å². The Morgan fingerprint density at radius 1 is 1.25 bits per heavy atom. The number of rotatable bonds is 4. The van der Waals surface area contributed by atoms with Crippen LogP contribution in [0.5, 0.6) is 0 Å².